The highest BCUT2D eigenvalue weighted by Crippen LogP contribution is 2.59. The molecule has 1 aliphatic heterocycles. The summed E-state index contributed by atoms with van der Waals surface area (Å²) in [6.07, 6.45) is 8.59. The van der Waals surface area contributed by atoms with E-state index in [1.807, 2.05) is 36.4 Å². The zero-order valence-corrected chi connectivity index (χ0v) is 17.8. The van der Waals surface area contributed by atoms with Gasteiger partial charge in [-0.3, -0.25) is 9.69 Å². The van der Waals surface area contributed by atoms with Gasteiger partial charge in [0.25, 0.3) is 0 Å². The zero-order chi connectivity index (χ0) is 20.8. The van der Waals surface area contributed by atoms with E-state index >= 15 is 0 Å². The highest BCUT2D eigenvalue weighted by Gasteiger charge is 2.58. The third kappa shape index (κ3) is 4.93. The van der Waals surface area contributed by atoms with E-state index in [0.29, 0.717) is 0 Å². The van der Waals surface area contributed by atoms with Gasteiger partial charge in [0.05, 0.1) is 7.11 Å². The van der Waals surface area contributed by atoms with Crippen LogP contribution in [0.2, 0.25) is 0 Å². The number of nitrogens with zero attached hydrogens (tertiary/aromatic N) is 1. The fraction of sp³-hybridized carbons (Fsp3) is 0.423. The molecule has 0 aromatic heterocycles. The van der Waals surface area contributed by atoms with Gasteiger partial charge in [0.2, 0.25) is 5.91 Å². The zero-order valence-electron chi connectivity index (χ0n) is 17.8. The van der Waals surface area contributed by atoms with E-state index in [1.54, 1.807) is 7.11 Å². The van der Waals surface area contributed by atoms with E-state index in [4.69, 9.17) is 4.74 Å². The molecule has 0 radical (unpaired) electrons. The number of amides is 1. The number of carbonyl (C=O) groups is 1. The SMILES string of the molecule is COc1ccccc1/C=C/CN1CCC2(CC1)CC2C(=O)NCCc1ccccc1. The van der Waals surface area contributed by atoms with Crippen LogP contribution >= 0.6 is 0 Å². The number of ether oxygens (including phenoxy) is 1. The Labute approximate surface area is 179 Å². The molecule has 0 bridgehead atoms. The fourth-order valence-electron chi connectivity index (χ4n) is 4.68. The maximum atomic E-state index is 12.6. The molecule has 30 heavy (non-hydrogen) atoms. The van der Waals surface area contributed by atoms with Crippen molar-refractivity contribution in [3.8, 4) is 5.75 Å². The van der Waals surface area contributed by atoms with Crippen molar-refractivity contribution in [3.05, 3.63) is 71.8 Å². The second-order valence-electron chi connectivity index (χ2n) is 8.59. The number of piperidine rings is 1. The van der Waals surface area contributed by atoms with E-state index in [1.165, 1.54) is 5.56 Å². The summed E-state index contributed by atoms with van der Waals surface area (Å²) in [7, 11) is 1.71. The number of benzene rings is 2. The summed E-state index contributed by atoms with van der Waals surface area (Å²) < 4.78 is 5.41. The van der Waals surface area contributed by atoms with Crippen LogP contribution in [-0.2, 0) is 11.2 Å². The monoisotopic (exact) mass is 404 g/mol. The molecule has 1 heterocycles. The number of nitrogens with one attached hydrogen (secondary N) is 1. The lowest BCUT2D eigenvalue weighted by molar-refractivity contribution is -0.123. The van der Waals surface area contributed by atoms with Crippen LogP contribution in [0.3, 0.4) is 0 Å². The smallest absolute Gasteiger partial charge is 0.223 e. The molecule has 1 amide bonds. The van der Waals surface area contributed by atoms with Crippen LogP contribution in [-0.4, -0.2) is 44.1 Å². The molecular formula is C26H32N2O2. The van der Waals surface area contributed by atoms with Crippen molar-refractivity contribution in [1.29, 1.82) is 0 Å². The van der Waals surface area contributed by atoms with Crippen LogP contribution in [0.4, 0.5) is 0 Å². The third-order valence-corrected chi connectivity index (χ3v) is 6.71. The van der Waals surface area contributed by atoms with Gasteiger partial charge < -0.3 is 10.1 Å². The van der Waals surface area contributed by atoms with Crippen LogP contribution in [0.5, 0.6) is 5.75 Å². The molecule has 2 aliphatic rings. The van der Waals surface area contributed by atoms with Crippen molar-refractivity contribution >= 4 is 12.0 Å². The van der Waals surface area contributed by atoms with Gasteiger partial charge in [-0.05, 0) is 55.8 Å². The topological polar surface area (TPSA) is 41.6 Å². The lowest BCUT2D eigenvalue weighted by Crippen LogP contribution is -2.37. The van der Waals surface area contributed by atoms with Crippen LogP contribution in [0.25, 0.3) is 6.08 Å². The lowest BCUT2D eigenvalue weighted by atomic mass is 9.90. The molecule has 1 spiro atoms. The predicted molar refractivity (Wildman–Crippen MR) is 121 cm³/mol. The molecule has 158 valence electrons. The normalized spacial score (nSPS) is 20.4. The molecule has 1 saturated heterocycles. The Balaban J connectivity index is 1.18. The van der Waals surface area contributed by atoms with Crippen molar-refractivity contribution in [3.63, 3.8) is 0 Å². The highest BCUT2D eigenvalue weighted by molar-refractivity contribution is 5.82. The molecule has 1 saturated carbocycles. The minimum absolute atomic E-state index is 0.222. The molecule has 1 aliphatic carbocycles. The first-order valence-corrected chi connectivity index (χ1v) is 11.0. The Morgan fingerprint density at radius 3 is 2.63 bits per heavy atom. The van der Waals surface area contributed by atoms with Crippen molar-refractivity contribution in [1.82, 2.24) is 10.2 Å². The quantitative estimate of drug-likeness (QED) is 0.718. The molecule has 1 N–H and O–H groups in total. The van der Waals surface area contributed by atoms with E-state index in [9.17, 15) is 4.79 Å². The van der Waals surface area contributed by atoms with Gasteiger partial charge in [-0.1, -0.05) is 60.7 Å². The van der Waals surface area contributed by atoms with Crippen LogP contribution < -0.4 is 10.1 Å². The van der Waals surface area contributed by atoms with Gasteiger partial charge >= 0.3 is 0 Å². The van der Waals surface area contributed by atoms with Crippen molar-refractivity contribution in [2.75, 3.05) is 33.3 Å². The fourth-order valence-corrected chi connectivity index (χ4v) is 4.68. The molecule has 4 rings (SSSR count). The van der Waals surface area contributed by atoms with Crippen LogP contribution in [0.1, 0.15) is 30.4 Å². The van der Waals surface area contributed by atoms with E-state index in [0.717, 1.165) is 63.2 Å². The summed E-state index contributed by atoms with van der Waals surface area (Å²) in [6.45, 7) is 3.82. The summed E-state index contributed by atoms with van der Waals surface area (Å²) >= 11 is 0. The third-order valence-electron chi connectivity index (χ3n) is 6.71. The first-order valence-electron chi connectivity index (χ1n) is 11.0. The molecule has 1 atom stereocenters. The molecule has 1 unspecified atom stereocenters. The second-order valence-corrected chi connectivity index (χ2v) is 8.59. The van der Waals surface area contributed by atoms with Crippen molar-refractivity contribution in [2.45, 2.75) is 25.7 Å². The van der Waals surface area contributed by atoms with Gasteiger partial charge in [-0.2, -0.15) is 0 Å². The summed E-state index contributed by atoms with van der Waals surface area (Å²) in [5.41, 5.74) is 2.65. The first-order chi connectivity index (χ1) is 14.7. The van der Waals surface area contributed by atoms with Gasteiger partial charge in [0.15, 0.2) is 0 Å². The van der Waals surface area contributed by atoms with E-state index in [2.05, 4.69) is 40.6 Å². The number of rotatable bonds is 8. The Morgan fingerprint density at radius 1 is 1.13 bits per heavy atom. The Bertz CT molecular complexity index is 870. The Kier molecular flexibility index (Phi) is 6.53. The van der Waals surface area contributed by atoms with Crippen molar-refractivity contribution < 1.29 is 9.53 Å². The summed E-state index contributed by atoms with van der Waals surface area (Å²) in [6, 6.07) is 18.4. The van der Waals surface area contributed by atoms with Gasteiger partial charge in [0.1, 0.15) is 5.75 Å². The average Bonchev–Trinajstić information content (AvgIpc) is 3.49. The van der Waals surface area contributed by atoms with E-state index in [-0.39, 0.29) is 17.2 Å². The second kappa shape index (κ2) is 9.48. The molecule has 2 fully saturated rings. The molecule has 2 aromatic rings. The van der Waals surface area contributed by atoms with Crippen LogP contribution in [0, 0.1) is 11.3 Å². The Hall–Kier alpha value is -2.59. The number of hydrogen-bond acceptors (Lipinski definition) is 3. The first kappa shape index (κ1) is 20.7. The molecule has 4 heteroatoms. The van der Waals surface area contributed by atoms with E-state index < -0.39 is 0 Å². The van der Waals surface area contributed by atoms with Gasteiger partial charge in [-0.25, -0.2) is 0 Å². The minimum Gasteiger partial charge on any atom is -0.496 e. The minimum atomic E-state index is 0.222. The molecular weight excluding hydrogens is 372 g/mol. The summed E-state index contributed by atoms with van der Waals surface area (Å²) in [4.78, 5) is 15.1. The number of carbonyl (C=O) groups excluding carboxylic acids is 1. The van der Waals surface area contributed by atoms with Crippen LogP contribution in [0.15, 0.2) is 60.7 Å². The van der Waals surface area contributed by atoms with Crippen molar-refractivity contribution in [2.24, 2.45) is 11.3 Å². The number of para-hydroxylation sites is 1. The summed E-state index contributed by atoms with van der Waals surface area (Å²) in [5.74, 6) is 1.39. The van der Waals surface area contributed by atoms with Gasteiger partial charge in [0, 0.05) is 24.6 Å². The predicted octanol–water partition coefficient (Wildman–Crippen LogP) is 4.17. The number of methoxy groups -OCH3 is 1. The van der Waals surface area contributed by atoms with Gasteiger partial charge in [-0.15, -0.1) is 0 Å². The highest BCUT2D eigenvalue weighted by atomic mass is 16.5. The number of hydrogen-bond donors (Lipinski definition) is 1. The average molecular weight is 405 g/mol. The standard InChI is InChI=1S/C26H32N2O2/c1-30-24-12-6-5-10-22(24)11-7-17-28-18-14-26(15-19-28)20-23(26)25(29)27-16-13-21-8-3-2-4-9-21/h2-12,23H,13-20H2,1H3,(H,27,29)/b11-7+. The number of likely N-dealkylation sites (tertiary alicyclic amines) is 1. The lowest BCUT2D eigenvalue weighted by Gasteiger charge is -2.32. The molecule has 4 nitrogen and oxygen atoms in total. The molecule has 2 aromatic carbocycles. The maximum Gasteiger partial charge on any atom is 0.223 e. The summed E-state index contributed by atoms with van der Waals surface area (Å²) in [5, 5.41) is 3.16. The Morgan fingerprint density at radius 2 is 1.87 bits per heavy atom. The largest absolute Gasteiger partial charge is 0.496 e. The maximum absolute atomic E-state index is 12.6.